The Balaban J connectivity index is 1.52. The first kappa shape index (κ1) is 21.4. The summed E-state index contributed by atoms with van der Waals surface area (Å²) in [7, 11) is 0. The molecule has 0 radical (unpaired) electrons. The molecule has 4 rings (SSSR count). The van der Waals surface area contributed by atoms with Crippen molar-refractivity contribution in [1.29, 1.82) is 0 Å². The van der Waals surface area contributed by atoms with E-state index >= 15 is 0 Å². The molecular weight excluding hydrogens is 445 g/mol. The number of ether oxygens (including phenoxy) is 1. The first-order valence-electron chi connectivity index (χ1n) is 9.17. The Bertz CT molecular complexity index is 1190. The third-order valence-corrected chi connectivity index (χ3v) is 5.97. The predicted octanol–water partition coefficient (Wildman–Crippen LogP) is 6.05. The van der Waals surface area contributed by atoms with Gasteiger partial charge in [0.05, 0.1) is 12.2 Å². The molecule has 0 saturated heterocycles. The maximum absolute atomic E-state index is 12.3. The molecule has 0 aliphatic heterocycles. The topological polar surface area (TPSA) is 52.8 Å². The summed E-state index contributed by atoms with van der Waals surface area (Å²) >= 11 is 3.07. The molecular formula is C21H17F3N4OS2. The minimum atomic E-state index is -4.71. The molecule has 0 saturated carbocycles. The zero-order chi connectivity index (χ0) is 22.0. The van der Waals surface area contributed by atoms with Gasteiger partial charge in [-0.25, -0.2) is 14.6 Å². The van der Waals surface area contributed by atoms with Crippen molar-refractivity contribution in [2.75, 3.05) is 6.26 Å². The minimum absolute atomic E-state index is 0.270. The minimum Gasteiger partial charge on any atom is -0.406 e. The second-order valence-electron chi connectivity index (χ2n) is 6.60. The third-order valence-electron chi connectivity index (χ3n) is 4.40. The number of rotatable bonds is 6. The number of hydrogen-bond acceptors (Lipinski definition) is 6. The van der Waals surface area contributed by atoms with Gasteiger partial charge < -0.3 is 4.74 Å². The summed E-state index contributed by atoms with van der Waals surface area (Å²) in [6, 6.07) is 13.9. The summed E-state index contributed by atoms with van der Waals surface area (Å²) in [5.74, 6) is 1.02. The molecule has 0 fully saturated rings. The summed E-state index contributed by atoms with van der Waals surface area (Å²) in [6.45, 7) is 2.49. The lowest BCUT2D eigenvalue weighted by Crippen LogP contribution is -2.16. The van der Waals surface area contributed by atoms with Crippen LogP contribution in [0.3, 0.4) is 0 Å². The van der Waals surface area contributed by atoms with Gasteiger partial charge in [0.2, 0.25) is 5.82 Å². The van der Waals surface area contributed by atoms with E-state index in [9.17, 15) is 13.2 Å². The standard InChI is InChI=1S/C21H17F3N4OS2/c1-13-25-19(27-28(13)11-14-4-3-5-17(10-14)30-2)20-26-18(12-31-20)15-6-8-16(9-7-15)29-21(22,23)24/h3-10,12H,11H2,1-2H3. The Morgan fingerprint density at radius 1 is 1.10 bits per heavy atom. The SMILES string of the molecule is CSc1cccc(Cn2nc(-c3nc(-c4ccc(OC(F)(F)F)cc4)cs3)nc2C)c1. The summed E-state index contributed by atoms with van der Waals surface area (Å²) < 4.78 is 42.7. The predicted molar refractivity (Wildman–Crippen MR) is 115 cm³/mol. The number of thiazole rings is 1. The van der Waals surface area contributed by atoms with E-state index in [-0.39, 0.29) is 5.75 Å². The fourth-order valence-corrected chi connectivity index (χ4v) is 4.18. The van der Waals surface area contributed by atoms with Crippen molar-refractivity contribution in [1.82, 2.24) is 19.7 Å². The van der Waals surface area contributed by atoms with Crippen LogP contribution in [0.2, 0.25) is 0 Å². The number of benzene rings is 2. The molecule has 31 heavy (non-hydrogen) atoms. The van der Waals surface area contributed by atoms with Gasteiger partial charge in [-0.3, -0.25) is 0 Å². The van der Waals surface area contributed by atoms with E-state index in [0.29, 0.717) is 28.6 Å². The van der Waals surface area contributed by atoms with Gasteiger partial charge in [0, 0.05) is 15.8 Å². The number of nitrogens with zero attached hydrogens (tertiary/aromatic N) is 4. The van der Waals surface area contributed by atoms with Crippen LogP contribution < -0.4 is 4.74 Å². The van der Waals surface area contributed by atoms with Gasteiger partial charge in [0.15, 0.2) is 5.01 Å². The molecule has 0 N–H and O–H groups in total. The summed E-state index contributed by atoms with van der Waals surface area (Å²) in [4.78, 5) is 10.3. The monoisotopic (exact) mass is 462 g/mol. The molecule has 0 bridgehead atoms. The Labute approximate surface area is 184 Å². The molecule has 0 atom stereocenters. The normalized spacial score (nSPS) is 11.6. The molecule has 160 valence electrons. The summed E-state index contributed by atoms with van der Waals surface area (Å²) in [5.41, 5.74) is 2.45. The van der Waals surface area contributed by atoms with Crippen LogP contribution in [0.5, 0.6) is 5.75 Å². The van der Waals surface area contributed by atoms with Crippen LogP contribution >= 0.6 is 23.1 Å². The van der Waals surface area contributed by atoms with Crippen LogP contribution in [0.4, 0.5) is 13.2 Å². The molecule has 2 aromatic carbocycles. The average molecular weight is 463 g/mol. The summed E-state index contributed by atoms with van der Waals surface area (Å²) in [5, 5.41) is 7.06. The number of alkyl halides is 3. The smallest absolute Gasteiger partial charge is 0.406 e. The van der Waals surface area contributed by atoms with Crippen molar-refractivity contribution in [3.63, 3.8) is 0 Å². The highest BCUT2D eigenvalue weighted by Gasteiger charge is 2.31. The summed E-state index contributed by atoms with van der Waals surface area (Å²) in [6.07, 6.45) is -2.68. The van der Waals surface area contributed by atoms with E-state index in [0.717, 1.165) is 11.4 Å². The van der Waals surface area contributed by atoms with E-state index in [1.54, 1.807) is 11.8 Å². The molecule has 5 nitrogen and oxygen atoms in total. The number of aromatic nitrogens is 4. The van der Waals surface area contributed by atoms with Gasteiger partial charge in [-0.2, -0.15) is 0 Å². The van der Waals surface area contributed by atoms with Crippen molar-refractivity contribution in [2.45, 2.75) is 24.7 Å². The maximum Gasteiger partial charge on any atom is 0.573 e. The lowest BCUT2D eigenvalue weighted by atomic mass is 10.2. The van der Waals surface area contributed by atoms with Crippen molar-refractivity contribution >= 4 is 23.1 Å². The van der Waals surface area contributed by atoms with Gasteiger partial charge in [-0.1, -0.05) is 12.1 Å². The quantitative estimate of drug-likeness (QED) is 0.327. The Kier molecular flexibility index (Phi) is 6.01. The first-order valence-corrected chi connectivity index (χ1v) is 11.3. The van der Waals surface area contributed by atoms with Crippen LogP contribution in [0.25, 0.3) is 22.1 Å². The van der Waals surface area contributed by atoms with Gasteiger partial charge in [0.25, 0.3) is 0 Å². The van der Waals surface area contributed by atoms with Crippen LogP contribution in [0.15, 0.2) is 58.8 Å². The van der Waals surface area contributed by atoms with Crippen molar-refractivity contribution in [2.24, 2.45) is 0 Å². The highest BCUT2D eigenvalue weighted by Crippen LogP contribution is 2.30. The van der Waals surface area contributed by atoms with Crippen molar-refractivity contribution in [3.8, 4) is 27.8 Å². The maximum atomic E-state index is 12.3. The second-order valence-corrected chi connectivity index (χ2v) is 8.34. The Hall–Kier alpha value is -2.85. The van der Waals surface area contributed by atoms with Crippen LogP contribution in [-0.4, -0.2) is 32.4 Å². The lowest BCUT2D eigenvalue weighted by molar-refractivity contribution is -0.274. The molecule has 10 heteroatoms. The molecule has 2 aromatic heterocycles. The number of aryl methyl sites for hydroxylation is 1. The Morgan fingerprint density at radius 3 is 2.58 bits per heavy atom. The fraction of sp³-hybridized carbons (Fsp3) is 0.190. The number of hydrogen-bond donors (Lipinski definition) is 0. The van der Waals surface area contributed by atoms with Crippen molar-refractivity contribution in [3.05, 3.63) is 65.3 Å². The van der Waals surface area contributed by atoms with Gasteiger partial charge in [-0.05, 0) is 55.1 Å². The molecule has 0 aliphatic carbocycles. The molecule has 0 spiro atoms. The molecule has 0 aliphatic rings. The highest BCUT2D eigenvalue weighted by molar-refractivity contribution is 7.98. The van der Waals surface area contributed by atoms with Crippen molar-refractivity contribution < 1.29 is 17.9 Å². The van der Waals surface area contributed by atoms with E-state index < -0.39 is 6.36 Å². The molecule has 2 heterocycles. The fourth-order valence-electron chi connectivity index (χ4n) is 2.94. The highest BCUT2D eigenvalue weighted by atomic mass is 32.2. The molecule has 0 amide bonds. The molecule has 4 aromatic rings. The van der Waals surface area contributed by atoms with Gasteiger partial charge >= 0.3 is 6.36 Å². The zero-order valence-corrected chi connectivity index (χ0v) is 18.2. The average Bonchev–Trinajstić information content (AvgIpc) is 3.35. The van der Waals surface area contributed by atoms with Crippen LogP contribution in [-0.2, 0) is 6.54 Å². The largest absolute Gasteiger partial charge is 0.573 e. The van der Waals surface area contributed by atoms with E-state index in [1.165, 1.54) is 40.5 Å². The van der Waals surface area contributed by atoms with Gasteiger partial charge in [0.1, 0.15) is 11.6 Å². The first-order chi connectivity index (χ1) is 14.8. The zero-order valence-electron chi connectivity index (χ0n) is 16.6. The van der Waals surface area contributed by atoms with E-state index in [4.69, 9.17) is 0 Å². The van der Waals surface area contributed by atoms with Gasteiger partial charge in [-0.15, -0.1) is 41.4 Å². The van der Waals surface area contributed by atoms with Crippen LogP contribution in [0, 0.1) is 6.92 Å². The Morgan fingerprint density at radius 2 is 1.87 bits per heavy atom. The number of halogens is 3. The van der Waals surface area contributed by atoms with E-state index in [1.807, 2.05) is 35.4 Å². The molecule has 0 unspecified atom stereocenters. The lowest BCUT2D eigenvalue weighted by Gasteiger charge is -2.08. The third kappa shape index (κ3) is 5.26. The van der Waals surface area contributed by atoms with Crippen LogP contribution in [0.1, 0.15) is 11.4 Å². The second kappa shape index (κ2) is 8.72. The van der Waals surface area contributed by atoms with E-state index in [2.05, 4.69) is 31.9 Å². The number of thioether (sulfide) groups is 1.